The molecule has 1 aliphatic heterocycles. The summed E-state index contributed by atoms with van der Waals surface area (Å²) in [6, 6.07) is 11.8. The van der Waals surface area contributed by atoms with Crippen LogP contribution in [0.25, 0.3) is 0 Å². The molecule has 2 aliphatic rings. The van der Waals surface area contributed by atoms with Crippen molar-refractivity contribution in [1.29, 1.82) is 0 Å². The standard InChI is InChI=1S/C31H41F3N4O3/c1-30(2,3)23-7-12-26(13-8-23)37-17-15-22(16-18-37)29(39)36(4)20-21-5-9-24(10-6-21)35-25-11-14-28(38(40)41)27(19-25)31(32,33)34/h7-8,11-14,19,21-22,24,35H,5-6,9-10,15-18,20H2,1-4H3. The van der Waals surface area contributed by atoms with Crippen LogP contribution >= 0.6 is 0 Å². The molecule has 0 unspecified atom stereocenters. The minimum Gasteiger partial charge on any atom is -0.382 e. The number of nitro groups is 1. The Hall–Kier alpha value is -3.30. The number of nitrogens with one attached hydrogen (secondary N) is 1. The molecule has 1 heterocycles. The quantitative estimate of drug-likeness (QED) is 0.278. The lowest BCUT2D eigenvalue weighted by Crippen LogP contribution is -2.43. The number of amides is 1. The van der Waals surface area contributed by atoms with Gasteiger partial charge in [-0.3, -0.25) is 14.9 Å². The number of carbonyl (C=O) groups excluding carboxylic acids is 1. The lowest BCUT2D eigenvalue weighted by molar-refractivity contribution is -0.388. The van der Waals surface area contributed by atoms with Gasteiger partial charge in [0.15, 0.2) is 0 Å². The zero-order chi connectivity index (χ0) is 29.9. The van der Waals surface area contributed by atoms with Crippen molar-refractivity contribution in [2.24, 2.45) is 11.8 Å². The van der Waals surface area contributed by atoms with Gasteiger partial charge in [-0.25, -0.2) is 0 Å². The maximum absolute atomic E-state index is 13.3. The normalized spacial score (nSPS) is 20.5. The van der Waals surface area contributed by atoms with Gasteiger partial charge < -0.3 is 15.1 Å². The summed E-state index contributed by atoms with van der Waals surface area (Å²) in [5.41, 5.74) is 0.665. The van der Waals surface area contributed by atoms with Gasteiger partial charge in [-0.1, -0.05) is 32.9 Å². The van der Waals surface area contributed by atoms with Gasteiger partial charge in [0, 0.05) is 56.1 Å². The van der Waals surface area contributed by atoms with Gasteiger partial charge in [0.05, 0.1) is 4.92 Å². The van der Waals surface area contributed by atoms with Crippen molar-refractivity contribution < 1.29 is 22.9 Å². The minimum absolute atomic E-state index is 0.0170. The maximum atomic E-state index is 13.3. The zero-order valence-corrected chi connectivity index (χ0v) is 24.3. The summed E-state index contributed by atoms with van der Waals surface area (Å²) in [4.78, 5) is 27.4. The second-order valence-electron chi connectivity index (χ2n) is 12.6. The van der Waals surface area contributed by atoms with Crippen LogP contribution in [0, 0.1) is 22.0 Å². The highest BCUT2D eigenvalue weighted by atomic mass is 19.4. The van der Waals surface area contributed by atoms with Gasteiger partial charge in [-0.15, -0.1) is 0 Å². The number of hydrogen-bond donors (Lipinski definition) is 1. The number of anilines is 2. The van der Waals surface area contributed by atoms with Crippen LogP contribution in [0.5, 0.6) is 0 Å². The molecule has 0 aromatic heterocycles. The van der Waals surface area contributed by atoms with Crippen molar-refractivity contribution in [2.45, 2.75) is 76.9 Å². The molecule has 0 bridgehead atoms. The van der Waals surface area contributed by atoms with Crippen molar-refractivity contribution in [3.8, 4) is 0 Å². The topological polar surface area (TPSA) is 78.7 Å². The van der Waals surface area contributed by atoms with E-state index in [2.05, 4.69) is 55.3 Å². The summed E-state index contributed by atoms with van der Waals surface area (Å²) in [5.74, 6) is 0.553. The zero-order valence-electron chi connectivity index (χ0n) is 24.3. The number of alkyl halides is 3. The number of carbonyl (C=O) groups is 1. The first kappa shape index (κ1) is 30.7. The highest BCUT2D eigenvalue weighted by Gasteiger charge is 2.38. The molecule has 1 aliphatic carbocycles. The van der Waals surface area contributed by atoms with Crippen molar-refractivity contribution in [1.82, 2.24) is 4.90 Å². The summed E-state index contributed by atoms with van der Waals surface area (Å²) in [6.45, 7) is 9.00. The second-order valence-corrected chi connectivity index (χ2v) is 12.6. The third-order valence-corrected chi connectivity index (χ3v) is 8.57. The Morgan fingerprint density at radius 3 is 2.15 bits per heavy atom. The molecule has 0 spiro atoms. The number of benzene rings is 2. The fraction of sp³-hybridized carbons (Fsp3) is 0.581. The number of nitrogens with zero attached hydrogens (tertiary/aromatic N) is 3. The highest BCUT2D eigenvalue weighted by molar-refractivity contribution is 5.79. The molecule has 1 saturated heterocycles. The number of rotatable bonds is 7. The molecule has 2 aromatic carbocycles. The number of piperidine rings is 1. The van der Waals surface area contributed by atoms with Crippen LogP contribution in [0.2, 0.25) is 0 Å². The maximum Gasteiger partial charge on any atom is 0.423 e. The van der Waals surface area contributed by atoms with Crippen LogP contribution in [-0.4, -0.2) is 48.5 Å². The van der Waals surface area contributed by atoms with Crippen LogP contribution in [0.4, 0.5) is 30.2 Å². The Morgan fingerprint density at radius 2 is 1.61 bits per heavy atom. The molecule has 10 heteroatoms. The molecule has 7 nitrogen and oxygen atoms in total. The van der Waals surface area contributed by atoms with E-state index < -0.39 is 22.4 Å². The third kappa shape index (κ3) is 7.71. The Bertz CT molecular complexity index is 1210. The van der Waals surface area contributed by atoms with Gasteiger partial charge in [-0.2, -0.15) is 13.2 Å². The highest BCUT2D eigenvalue weighted by Crippen LogP contribution is 2.38. The van der Waals surface area contributed by atoms with E-state index in [9.17, 15) is 28.1 Å². The molecule has 0 atom stereocenters. The van der Waals surface area contributed by atoms with Gasteiger partial charge in [-0.05, 0) is 79.7 Å². The molecule has 1 N–H and O–H groups in total. The second kappa shape index (κ2) is 12.3. The largest absolute Gasteiger partial charge is 0.423 e. The molecule has 2 fully saturated rings. The Labute approximate surface area is 240 Å². The molecule has 41 heavy (non-hydrogen) atoms. The summed E-state index contributed by atoms with van der Waals surface area (Å²) in [5, 5.41) is 14.1. The third-order valence-electron chi connectivity index (χ3n) is 8.57. The molecular formula is C31H41F3N4O3. The van der Waals surface area contributed by atoms with E-state index in [-0.39, 0.29) is 29.0 Å². The molecule has 224 valence electrons. The van der Waals surface area contributed by atoms with E-state index in [0.717, 1.165) is 63.7 Å². The predicted octanol–water partition coefficient (Wildman–Crippen LogP) is 7.26. The fourth-order valence-electron chi connectivity index (χ4n) is 6.08. The van der Waals surface area contributed by atoms with E-state index >= 15 is 0 Å². The van der Waals surface area contributed by atoms with Gasteiger partial charge >= 0.3 is 6.18 Å². The average molecular weight is 575 g/mol. The van der Waals surface area contributed by atoms with E-state index in [1.165, 1.54) is 17.3 Å². The SMILES string of the molecule is CN(CC1CCC(Nc2ccc([N+](=O)[O-])c(C(F)(F)F)c2)CC1)C(=O)C1CCN(c2ccc(C(C)(C)C)cc2)CC1. The lowest BCUT2D eigenvalue weighted by Gasteiger charge is -2.36. The number of nitro benzene ring substituents is 1. The average Bonchev–Trinajstić information content (AvgIpc) is 2.93. The molecule has 2 aromatic rings. The van der Waals surface area contributed by atoms with E-state index in [1.54, 1.807) is 0 Å². The molecular weight excluding hydrogens is 533 g/mol. The minimum atomic E-state index is -4.80. The smallest absolute Gasteiger partial charge is 0.382 e. The Kier molecular flexibility index (Phi) is 9.19. The van der Waals surface area contributed by atoms with Crippen molar-refractivity contribution >= 4 is 23.0 Å². The van der Waals surface area contributed by atoms with Crippen molar-refractivity contribution in [3.63, 3.8) is 0 Å². The van der Waals surface area contributed by atoms with E-state index in [4.69, 9.17) is 0 Å². The first-order valence-corrected chi connectivity index (χ1v) is 14.4. The van der Waals surface area contributed by atoms with E-state index in [0.29, 0.717) is 12.5 Å². The van der Waals surface area contributed by atoms with E-state index in [1.807, 2.05) is 11.9 Å². The Balaban J connectivity index is 1.23. The van der Waals surface area contributed by atoms with Crippen molar-refractivity contribution in [2.75, 3.05) is 36.9 Å². The number of halogens is 3. The predicted molar refractivity (Wildman–Crippen MR) is 155 cm³/mol. The van der Waals surface area contributed by atoms with Crippen LogP contribution in [0.3, 0.4) is 0 Å². The van der Waals surface area contributed by atoms with Crippen LogP contribution < -0.4 is 10.2 Å². The van der Waals surface area contributed by atoms with Crippen LogP contribution in [0.1, 0.15) is 70.4 Å². The van der Waals surface area contributed by atoms with Crippen LogP contribution in [-0.2, 0) is 16.4 Å². The summed E-state index contributed by atoms with van der Waals surface area (Å²) in [6.07, 6.45) is 0.0961. The number of hydrogen-bond acceptors (Lipinski definition) is 5. The molecule has 1 saturated carbocycles. The molecule has 0 radical (unpaired) electrons. The van der Waals surface area contributed by atoms with Crippen LogP contribution in [0.15, 0.2) is 42.5 Å². The Morgan fingerprint density at radius 1 is 1.00 bits per heavy atom. The summed E-state index contributed by atoms with van der Waals surface area (Å²) < 4.78 is 40.0. The monoisotopic (exact) mass is 574 g/mol. The first-order valence-electron chi connectivity index (χ1n) is 14.4. The summed E-state index contributed by atoms with van der Waals surface area (Å²) in [7, 11) is 1.87. The van der Waals surface area contributed by atoms with Gasteiger partial charge in [0.25, 0.3) is 5.69 Å². The van der Waals surface area contributed by atoms with Crippen molar-refractivity contribution in [3.05, 3.63) is 63.7 Å². The molecule has 1 amide bonds. The van der Waals surface area contributed by atoms with Gasteiger partial charge in [0.1, 0.15) is 5.56 Å². The lowest BCUT2D eigenvalue weighted by atomic mass is 9.85. The molecule has 4 rings (SSSR count). The van der Waals surface area contributed by atoms with Gasteiger partial charge in [0.2, 0.25) is 5.91 Å². The fourth-order valence-corrected chi connectivity index (χ4v) is 6.08. The first-order chi connectivity index (χ1) is 19.2. The summed E-state index contributed by atoms with van der Waals surface area (Å²) >= 11 is 0.